The zero-order valence-electron chi connectivity index (χ0n) is 27.9. The molecule has 2 N–H and O–H groups in total. The van der Waals surface area contributed by atoms with E-state index in [1.165, 1.54) is 11.1 Å². The highest BCUT2D eigenvalue weighted by Crippen LogP contribution is 2.55. The third-order valence-electron chi connectivity index (χ3n) is 11.0. The lowest BCUT2D eigenvalue weighted by atomic mass is 9.73. The van der Waals surface area contributed by atoms with Crippen LogP contribution in [0, 0.1) is 23.7 Å². The molecule has 6 rings (SSSR count). The highest BCUT2D eigenvalue weighted by Gasteiger charge is 2.72. The Hall–Kier alpha value is -3.49. The first-order valence-corrected chi connectivity index (χ1v) is 17.2. The molecule has 8 nitrogen and oxygen atoms in total. The molecule has 3 fully saturated rings. The Balaban J connectivity index is 1.22. The van der Waals surface area contributed by atoms with Gasteiger partial charge in [0.2, 0.25) is 17.7 Å². The Labute approximate surface area is 273 Å². The van der Waals surface area contributed by atoms with E-state index < -0.39 is 29.6 Å². The lowest BCUT2D eigenvalue weighted by Crippen LogP contribution is -2.58. The summed E-state index contributed by atoms with van der Waals surface area (Å²) in [6.45, 7) is 10.7. The van der Waals surface area contributed by atoms with Crippen molar-refractivity contribution in [3.63, 3.8) is 0 Å². The van der Waals surface area contributed by atoms with E-state index in [0.29, 0.717) is 36.4 Å². The van der Waals surface area contributed by atoms with Crippen LogP contribution in [-0.4, -0.2) is 71.4 Å². The Morgan fingerprint density at radius 1 is 1.04 bits per heavy atom. The van der Waals surface area contributed by atoms with Gasteiger partial charge in [0.1, 0.15) is 11.6 Å². The molecule has 3 amide bonds. The van der Waals surface area contributed by atoms with Crippen LogP contribution >= 0.6 is 0 Å². The minimum absolute atomic E-state index is 0.0520. The first-order valence-electron chi connectivity index (χ1n) is 17.2. The van der Waals surface area contributed by atoms with Gasteiger partial charge in [-0.3, -0.25) is 14.4 Å². The van der Waals surface area contributed by atoms with Crippen LogP contribution in [0.2, 0.25) is 0 Å². The third-order valence-corrected chi connectivity index (χ3v) is 11.0. The number of rotatable bonds is 11. The van der Waals surface area contributed by atoms with E-state index in [9.17, 15) is 14.4 Å². The zero-order chi connectivity index (χ0) is 32.6. The Morgan fingerprint density at radius 2 is 1.78 bits per heavy atom. The lowest BCUT2D eigenvalue weighted by Gasteiger charge is -2.38. The third kappa shape index (κ3) is 6.14. The molecule has 0 radical (unpaired) electrons. The van der Waals surface area contributed by atoms with Gasteiger partial charge in [-0.1, -0.05) is 95.2 Å². The van der Waals surface area contributed by atoms with Gasteiger partial charge < -0.3 is 25.2 Å². The second-order valence-corrected chi connectivity index (χ2v) is 14.5. The number of fused-ring (bicyclic) bond motifs is 1. The van der Waals surface area contributed by atoms with E-state index in [1.807, 2.05) is 54.6 Å². The van der Waals surface area contributed by atoms with Crippen molar-refractivity contribution in [3.05, 3.63) is 77.9 Å². The van der Waals surface area contributed by atoms with Crippen molar-refractivity contribution >= 4 is 23.4 Å². The summed E-state index contributed by atoms with van der Waals surface area (Å²) < 4.78 is 6.58. The molecule has 8 heteroatoms. The summed E-state index contributed by atoms with van der Waals surface area (Å²) in [6.07, 6.45) is 7.10. The maximum atomic E-state index is 14.4. The quantitative estimate of drug-likeness (QED) is 0.328. The first-order chi connectivity index (χ1) is 22.1. The lowest BCUT2D eigenvalue weighted by molar-refractivity contribution is -0.141. The number of ether oxygens (including phenoxy) is 1. The molecule has 246 valence electrons. The summed E-state index contributed by atoms with van der Waals surface area (Å²) in [7, 11) is 2.07. The molecule has 0 aromatic heterocycles. The summed E-state index contributed by atoms with van der Waals surface area (Å²) >= 11 is 0. The second-order valence-electron chi connectivity index (χ2n) is 14.5. The number of anilines is 1. The van der Waals surface area contributed by atoms with Crippen LogP contribution in [0.4, 0.5) is 5.69 Å². The number of hydrogen-bond donors (Lipinski definition) is 2. The molecule has 46 heavy (non-hydrogen) atoms. The highest BCUT2D eigenvalue weighted by atomic mass is 16.5. The molecule has 1 spiro atoms. The minimum Gasteiger partial charge on any atom is -0.359 e. The van der Waals surface area contributed by atoms with E-state index in [-0.39, 0.29) is 23.8 Å². The van der Waals surface area contributed by atoms with Gasteiger partial charge in [0.25, 0.3) is 0 Å². The fourth-order valence-electron chi connectivity index (χ4n) is 8.22. The molecule has 2 aromatic carbocycles. The average molecular weight is 627 g/mol. The standard InChI is InChI=1S/C38H50N4O4/c1-24(2)28-15-17-29(18-16-28)39-35(43)32-31-19-20-38(46-31)33(32)37(45)42(22-10-21-41(5)23-27-12-7-6-8-13-27)34(38)36(44)40-30-14-9-11-25(3)26(30)4/h6-8,12-13,15-20,24-26,30-34H,9-11,14,21-23H2,1-5H3,(H,39,43)(H,40,44)/t25?,26?,30?,31-,32?,33-,34?,38?/m0/s1. The molecule has 3 heterocycles. The van der Waals surface area contributed by atoms with E-state index in [1.54, 1.807) is 4.90 Å². The van der Waals surface area contributed by atoms with Gasteiger partial charge >= 0.3 is 0 Å². The Morgan fingerprint density at radius 3 is 2.50 bits per heavy atom. The number of benzene rings is 2. The summed E-state index contributed by atoms with van der Waals surface area (Å²) in [4.78, 5) is 46.5. The van der Waals surface area contributed by atoms with Gasteiger partial charge in [-0.15, -0.1) is 0 Å². The molecule has 8 atom stereocenters. The fraction of sp³-hybridized carbons (Fsp3) is 0.553. The SMILES string of the molecule is CC(C)c1ccc(NC(=O)C2[C@@H]3C=CC4(O3)C(C(=O)NC3CCCC(C)C3C)N(CCCN(C)Cc3ccccc3)C(=O)[C@H]24)cc1. The minimum atomic E-state index is -1.16. The highest BCUT2D eigenvalue weighted by molar-refractivity contribution is 6.02. The smallest absolute Gasteiger partial charge is 0.246 e. The van der Waals surface area contributed by atoms with Crippen molar-refractivity contribution in [2.75, 3.05) is 25.5 Å². The van der Waals surface area contributed by atoms with Crippen LogP contribution in [0.25, 0.3) is 0 Å². The zero-order valence-corrected chi connectivity index (χ0v) is 27.9. The second kappa shape index (κ2) is 13.3. The molecule has 2 aromatic rings. The molecule has 3 aliphatic heterocycles. The Bertz CT molecular complexity index is 1440. The van der Waals surface area contributed by atoms with Crippen LogP contribution in [0.3, 0.4) is 0 Å². The summed E-state index contributed by atoms with van der Waals surface area (Å²) in [5.74, 6) is -0.794. The van der Waals surface area contributed by atoms with Gasteiger partial charge in [-0.2, -0.15) is 0 Å². The van der Waals surface area contributed by atoms with Crippen LogP contribution in [0.1, 0.15) is 70.4 Å². The van der Waals surface area contributed by atoms with Crippen LogP contribution in [0.15, 0.2) is 66.7 Å². The molecule has 2 saturated heterocycles. The van der Waals surface area contributed by atoms with E-state index in [4.69, 9.17) is 4.74 Å². The molecule has 1 aliphatic carbocycles. The predicted octanol–water partition coefficient (Wildman–Crippen LogP) is 5.36. The monoisotopic (exact) mass is 626 g/mol. The summed E-state index contributed by atoms with van der Waals surface area (Å²) in [6, 6.07) is 17.4. The van der Waals surface area contributed by atoms with E-state index >= 15 is 0 Å². The van der Waals surface area contributed by atoms with Crippen molar-refractivity contribution in [1.82, 2.24) is 15.1 Å². The van der Waals surface area contributed by atoms with Gasteiger partial charge in [0.15, 0.2) is 0 Å². The molecule has 4 aliphatic rings. The average Bonchev–Trinajstić information content (AvgIpc) is 3.67. The predicted molar refractivity (Wildman–Crippen MR) is 180 cm³/mol. The normalized spacial score (nSPS) is 31.5. The maximum absolute atomic E-state index is 14.4. The van der Waals surface area contributed by atoms with Gasteiger partial charge in [-0.25, -0.2) is 0 Å². The topological polar surface area (TPSA) is 91.0 Å². The maximum Gasteiger partial charge on any atom is 0.246 e. The number of carbonyl (C=O) groups excluding carboxylic acids is 3. The van der Waals surface area contributed by atoms with Crippen LogP contribution in [-0.2, 0) is 25.7 Å². The van der Waals surface area contributed by atoms with Gasteiger partial charge in [-0.05, 0) is 67.4 Å². The largest absolute Gasteiger partial charge is 0.359 e. The summed E-state index contributed by atoms with van der Waals surface area (Å²) in [5, 5.41) is 6.40. The number of likely N-dealkylation sites (tertiary alicyclic amines) is 1. The van der Waals surface area contributed by atoms with Crippen molar-refractivity contribution in [1.29, 1.82) is 0 Å². The van der Waals surface area contributed by atoms with Crippen molar-refractivity contribution in [3.8, 4) is 0 Å². The number of amides is 3. The van der Waals surface area contributed by atoms with Gasteiger partial charge in [0, 0.05) is 24.8 Å². The number of nitrogens with zero attached hydrogens (tertiary/aromatic N) is 2. The number of carbonyl (C=O) groups is 3. The molecule has 2 bridgehead atoms. The van der Waals surface area contributed by atoms with E-state index in [2.05, 4.69) is 62.4 Å². The summed E-state index contributed by atoms with van der Waals surface area (Å²) in [5.41, 5.74) is 1.95. The van der Waals surface area contributed by atoms with Crippen LogP contribution < -0.4 is 10.6 Å². The number of nitrogens with one attached hydrogen (secondary N) is 2. The van der Waals surface area contributed by atoms with Crippen molar-refractivity contribution < 1.29 is 19.1 Å². The van der Waals surface area contributed by atoms with E-state index in [0.717, 1.165) is 32.4 Å². The molecule has 1 saturated carbocycles. The van der Waals surface area contributed by atoms with Crippen molar-refractivity contribution in [2.24, 2.45) is 23.7 Å². The Kier molecular flexibility index (Phi) is 9.40. The fourth-order valence-corrected chi connectivity index (χ4v) is 8.22. The molecular weight excluding hydrogens is 576 g/mol. The molecular formula is C38H50N4O4. The van der Waals surface area contributed by atoms with Crippen molar-refractivity contribution in [2.45, 2.75) is 89.6 Å². The van der Waals surface area contributed by atoms with Crippen LogP contribution in [0.5, 0.6) is 0 Å². The molecule has 6 unspecified atom stereocenters. The first kappa shape index (κ1) is 32.5. The van der Waals surface area contributed by atoms with Gasteiger partial charge in [0.05, 0.1) is 17.9 Å². The number of hydrogen-bond acceptors (Lipinski definition) is 5.